The van der Waals surface area contributed by atoms with Gasteiger partial charge in [-0.3, -0.25) is 0 Å². The van der Waals surface area contributed by atoms with Crippen molar-refractivity contribution in [2.75, 3.05) is 18.2 Å². The van der Waals surface area contributed by atoms with Crippen LogP contribution in [0.2, 0.25) is 0 Å². The number of nitrogens with one attached hydrogen (secondary N) is 1. The first-order chi connectivity index (χ1) is 9.49. The minimum Gasteiger partial charge on any atom is -0.465 e. The molecule has 3 N–H and O–H groups in total. The quantitative estimate of drug-likeness (QED) is 0.783. The van der Waals surface area contributed by atoms with Gasteiger partial charge in [-0.1, -0.05) is 20.8 Å². The van der Waals surface area contributed by atoms with Crippen molar-refractivity contribution in [1.29, 1.82) is 0 Å². The second kappa shape index (κ2) is 6.04. The molecule has 20 heavy (non-hydrogen) atoms. The molecule has 0 bridgehead atoms. The Labute approximate surface area is 124 Å². The molecule has 0 aromatic carbocycles. The number of rotatable bonds is 6. The van der Waals surface area contributed by atoms with Crippen molar-refractivity contribution in [3.05, 3.63) is 10.4 Å². The zero-order valence-electron chi connectivity index (χ0n) is 12.7. The van der Waals surface area contributed by atoms with Crippen LogP contribution in [0.3, 0.4) is 0 Å². The second-order valence-corrected chi connectivity index (χ2v) is 6.78. The highest BCUT2D eigenvalue weighted by atomic mass is 32.1. The van der Waals surface area contributed by atoms with Crippen LogP contribution >= 0.6 is 11.3 Å². The topological polar surface area (TPSA) is 64.3 Å². The predicted molar refractivity (Wildman–Crippen MR) is 84.6 cm³/mol. The Hall–Kier alpha value is -1.23. The summed E-state index contributed by atoms with van der Waals surface area (Å²) in [4.78, 5) is 12.3. The van der Waals surface area contributed by atoms with Crippen molar-refractivity contribution in [1.82, 2.24) is 0 Å². The Morgan fingerprint density at radius 2 is 2.15 bits per heavy atom. The van der Waals surface area contributed by atoms with E-state index in [0.717, 1.165) is 29.8 Å². The van der Waals surface area contributed by atoms with Gasteiger partial charge in [-0.25, -0.2) is 4.79 Å². The summed E-state index contributed by atoms with van der Waals surface area (Å²) in [5, 5.41) is 4.65. The standard InChI is InChI=1S/C15H24N2O2S/c1-5-10(8(2)3)17-14-11(9-6-7-9)12(16)13(20-14)15(18)19-4/h8-10,17H,5-7,16H2,1-4H3. The van der Waals surface area contributed by atoms with Crippen molar-refractivity contribution < 1.29 is 9.53 Å². The highest BCUT2D eigenvalue weighted by molar-refractivity contribution is 7.18. The first kappa shape index (κ1) is 15.2. The Bertz CT molecular complexity index is 492. The lowest BCUT2D eigenvalue weighted by Gasteiger charge is -2.22. The van der Waals surface area contributed by atoms with E-state index >= 15 is 0 Å². The smallest absolute Gasteiger partial charge is 0.350 e. The van der Waals surface area contributed by atoms with Crippen molar-refractivity contribution in [2.24, 2.45) is 5.92 Å². The van der Waals surface area contributed by atoms with Gasteiger partial charge in [-0.15, -0.1) is 11.3 Å². The molecule has 0 aliphatic heterocycles. The van der Waals surface area contributed by atoms with Gasteiger partial charge in [0.15, 0.2) is 0 Å². The molecule has 1 aromatic heterocycles. The molecule has 1 fully saturated rings. The van der Waals surface area contributed by atoms with E-state index in [4.69, 9.17) is 10.5 Å². The van der Waals surface area contributed by atoms with Crippen molar-refractivity contribution >= 4 is 28.0 Å². The molecule has 1 aliphatic carbocycles. The molecule has 1 aromatic rings. The SMILES string of the molecule is CCC(Nc1sc(C(=O)OC)c(N)c1C1CC1)C(C)C. The van der Waals surface area contributed by atoms with Crippen LogP contribution < -0.4 is 11.1 Å². The van der Waals surface area contributed by atoms with Gasteiger partial charge < -0.3 is 15.8 Å². The molecular weight excluding hydrogens is 272 g/mol. The number of thiophene rings is 1. The Morgan fingerprint density at radius 1 is 1.50 bits per heavy atom. The van der Waals surface area contributed by atoms with E-state index in [2.05, 4.69) is 26.1 Å². The monoisotopic (exact) mass is 296 g/mol. The average Bonchev–Trinajstić information content (AvgIpc) is 3.19. The summed E-state index contributed by atoms with van der Waals surface area (Å²) in [6, 6.07) is 0.399. The van der Waals surface area contributed by atoms with Crippen LogP contribution in [0.4, 0.5) is 10.7 Å². The summed E-state index contributed by atoms with van der Waals surface area (Å²) in [6.45, 7) is 6.58. The molecule has 4 nitrogen and oxygen atoms in total. The van der Waals surface area contributed by atoms with Crippen LogP contribution in [0.5, 0.6) is 0 Å². The van der Waals surface area contributed by atoms with Gasteiger partial charge >= 0.3 is 5.97 Å². The van der Waals surface area contributed by atoms with Gasteiger partial charge in [-0.05, 0) is 31.1 Å². The zero-order valence-corrected chi connectivity index (χ0v) is 13.5. The van der Waals surface area contributed by atoms with Crippen molar-refractivity contribution in [3.8, 4) is 0 Å². The van der Waals surface area contributed by atoms with Crippen LogP contribution in [-0.4, -0.2) is 19.1 Å². The summed E-state index contributed by atoms with van der Waals surface area (Å²) < 4.78 is 4.83. The molecular formula is C15H24N2O2S. The molecule has 0 saturated heterocycles. The van der Waals surface area contributed by atoms with Gasteiger partial charge in [0.05, 0.1) is 17.8 Å². The number of esters is 1. The summed E-state index contributed by atoms with van der Waals surface area (Å²) in [5.41, 5.74) is 7.93. The van der Waals surface area contributed by atoms with E-state index in [-0.39, 0.29) is 5.97 Å². The number of hydrogen-bond donors (Lipinski definition) is 2. The van der Waals surface area contributed by atoms with Crippen LogP contribution in [0.25, 0.3) is 0 Å². The van der Waals surface area contributed by atoms with Crippen LogP contribution in [0.15, 0.2) is 0 Å². The number of anilines is 2. The summed E-state index contributed by atoms with van der Waals surface area (Å²) in [6.07, 6.45) is 3.37. The van der Waals surface area contributed by atoms with Gasteiger partial charge in [0, 0.05) is 11.6 Å². The van der Waals surface area contributed by atoms with Crippen molar-refractivity contribution in [2.45, 2.75) is 52.0 Å². The van der Waals surface area contributed by atoms with Crippen LogP contribution in [0, 0.1) is 5.92 Å². The number of nitrogen functional groups attached to an aromatic ring is 1. The molecule has 0 radical (unpaired) electrons. The highest BCUT2D eigenvalue weighted by Crippen LogP contribution is 2.51. The Morgan fingerprint density at radius 3 is 2.60 bits per heavy atom. The number of carbonyl (C=O) groups is 1. The number of nitrogens with two attached hydrogens (primary N) is 1. The summed E-state index contributed by atoms with van der Waals surface area (Å²) in [5.74, 6) is 0.717. The summed E-state index contributed by atoms with van der Waals surface area (Å²) in [7, 11) is 1.40. The molecule has 5 heteroatoms. The highest BCUT2D eigenvalue weighted by Gasteiger charge is 2.33. The molecule has 112 valence electrons. The van der Waals surface area contributed by atoms with Gasteiger partial charge in [0.2, 0.25) is 0 Å². The van der Waals surface area contributed by atoms with Gasteiger partial charge in [0.25, 0.3) is 0 Å². The third-order valence-electron chi connectivity index (χ3n) is 3.90. The average molecular weight is 296 g/mol. The number of carbonyl (C=O) groups excluding carboxylic acids is 1. The van der Waals surface area contributed by atoms with E-state index in [9.17, 15) is 4.79 Å². The lowest BCUT2D eigenvalue weighted by atomic mass is 10.0. The van der Waals surface area contributed by atoms with E-state index in [0.29, 0.717) is 28.4 Å². The number of methoxy groups -OCH3 is 1. The molecule has 1 saturated carbocycles. The van der Waals surface area contributed by atoms with E-state index in [1.54, 1.807) is 0 Å². The number of ether oxygens (including phenoxy) is 1. The Balaban J connectivity index is 2.33. The maximum atomic E-state index is 11.8. The zero-order chi connectivity index (χ0) is 14.9. The fourth-order valence-corrected chi connectivity index (χ4v) is 3.68. The molecule has 2 rings (SSSR count). The third kappa shape index (κ3) is 2.92. The van der Waals surface area contributed by atoms with Gasteiger partial charge in [0.1, 0.15) is 4.88 Å². The van der Waals surface area contributed by atoms with E-state index < -0.39 is 0 Å². The molecule has 1 atom stereocenters. The van der Waals surface area contributed by atoms with Crippen LogP contribution in [0.1, 0.15) is 61.2 Å². The first-order valence-electron chi connectivity index (χ1n) is 7.26. The molecule has 1 aliphatic rings. The van der Waals surface area contributed by atoms with Crippen molar-refractivity contribution in [3.63, 3.8) is 0 Å². The van der Waals surface area contributed by atoms with E-state index in [1.165, 1.54) is 18.4 Å². The lowest BCUT2D eigenvalue weighted by molar-refractivity contribution is 0.0607. The molecule has 0 spiro atoms. The maximum Gasteiger partial charge on any atom is 0.350 e. The minimum atomic E-state index is -0.333. The van der Waals surface area contributed by atoms with Crippen LogP contribution in [-0.2, 0) is 4.74 Å². The van der Waals surface area contributed by atoms with Gasteiger partial charge in [-0.2, -0.15) is 0 Å². The molecule has 1 heterocycles. The summed E-state index contributed by atoms with van der Waals surface area (Å²) >= 11 is 1.44. The fourth-order valence-electron chi connectivity index (χ4n) is 2.49. The molecule has 1 unspecified atom stereocenters. The lowest BCUT2D eigenvalue weighted by Crippen LogP contribution is -2.24. The molecule has 0 amide bonds. The second-order valence-electron chi connectivity index (χ2n) is 5.76. The normalized spacial score (nSPS) is 16.2. The number of hydrogen-bond acceptors (Lipinski definition) is 5. The largest absolute Gasteiger partial charge is 0.465 e. The fraction of sp³-hybridized carbons (Fsp3) is 0.667. The predicted octanol–water partition coefficient (Wildman–Crippen LogP) is 3.84. The third-order valence-corrected chi connectivity index (χ3v) is 5.03. The Kier molecular flexibility index (Phi) is 4.58. The first-order valence-corrected chi connectivity index (χ1v) is 8.08. The van der Waals surface area contributed by atoms with E-state index in [1.807, 2.05) is 0 Å². The maximum absolute atomic E-state index is 11.8. The minimum absolute atomic E-state index is 0.333.